The number of para-hydroxylation sites is 1. The molecule has 0 aliphatic rings. The van der Waals surface area contributed by atoms with E-state index in [4.69, 9.17) is 9.51 Å². The second-order valence-corrected chi connectivity index (χ2v) is 7.90. The van der Waals surface area contributed by atoms with Crippen LogP contribution in [0.1, 0.15) is 37.8 Å². The zero-order chi connectivity index (χ0) is 20.4. The first-order chi connectivity index (χ1) is 14.1. The van der Waals surface area contributed by atoms with Crippen molar-refractivity contribution in [2.75, 3.05) is 0 Å². The van der Waals surface area contributed by atoms with E-state index in [2.05, 4.69) is 17.1 Å². The lowest BCUT2D eigenvalue weighted by Crippen LogP contribution is -2.26. The maximum absolute atomic E-state index is 13.0. The second kappa shape index (κ2) is 8.21. The summed E-state index contributed by atoms with van der Waals surface area (Å²) in [5.74, 6) is 1.52. The highest BCUT2D eigenvalue weighted by Crippen LogP contribution is 2.26. The van der Waals surface area contributed by atoms with Crippen LogP contribution in [-0.4, -0.2) is 19.7 Å². The van der Waals surface area contributed by atoms with Gasteiger partial charge in [0.05, 0.1) is 16.7 Å². The normalized spacial score (nSPS) is 12.4. The van der Waals surface area contributed by atoms with E-state index in [0.717, 1.165) is 17.5 Å². The zero-order valence-corrected chi connectivity index (χ0v) is 17.4. The average molecular weight is 407 g/mol. The van der Waals surface area contributed by atoms with Gasteiger partial charge >= 0.3 is 0 Å². The van der Waals surface area contributed by atoms with Crippen LogP contribution >= 0.6 is 11.8 Å². The number of nitrogens with zero attached hydrogens (tertiary/aromatic N) is 4. The van der Waals surface area contributed by atoms with E-state index in [-0.39, 0.29) is 11.6 Å². The van der Waals surface area contributed by atoms with Crippen molar-refractivity contribution in [3.05, 3.63) is 70.3 Å². The molecule has 0 saturated carbocycles. The van der Waals surface area contributed by atoms with E-state index in [0.29, 0.717) is 33.5 Å². The van der Waals surface area contributed by atoms with Crippen molar-refractivity contribution in [3.63, 3.8) is 0 Å². The summed E-state index contributed by atoms with van der Waals surface area (Å²) in [6, 6.07) is 15.4. The third-order valence-electron chi connectivity index (χ3n) is 4.99. The first-order valence-corrected chi connectivity index (χ1v) is 10.6. The third-order valence-corrected chi connectivity index (χ3v) is 5.92. The van der Waals surface area contributed by atoms with Gasteiger partial charge in [0.2, 0.25) is 11.7 Å². The summed E-state index contributed by atoms with van der Waals surface area (Å²) in [6.07, 6.45) is 0.839. The molecule has 0 saturated heterocycles. The van der Waals surface area contributed by atoms with Gasteiger partial charge in [-0.1, -0.05) is 60.2 Å². The maximum Gasteiger partial charge on any atom is 0.262 e. The second-order valence-electron chi connectivity index (χ2n) is 6.96. The van der Waals surface area contributed by atoms with Crippen LogP contribution in [0.5, 0.6) is 0 Å². The van der Waals surface area contributed by atoms with Gasteiger partial charge < -0.3 is 4.52 Å². The Morgan fingerprint density at radius 1 is 1.10 bits per heavy atom. The highest BCUT2D eigenvalue weighted by atomic mass is 32.2. The molecule has 0 amide bonds. The number of aromatic nitrogens is 4. The minimum Gasteiger partial charge on any atom is -0.338 e. The summed E-state index contributed by atoms with van der Waals surface area (Å²) in [5.41, 5.74) is 2.73. The highest BCUT2D eigenvalue weighted by Gasteiger charge is 2.17. The molecule has 4 rings (SSSR count). The summed E-state index contributed by atoms with van der Waals surface area (Å²) in [6.45, 7) is 6.11. The van der Waals surface area contributed by atoms with Crippen molar-refractivity contribution >= 4 is 22.7 Å². The van der Waals surface area contributed by atoms with Gasteiger partial charge in [0.25, 0.3) is 5.56 Å². The van der Waals surface area contributed by atoms with Crippen LogP contribution in [0, 0.1) is 6.92 Å². The van der Waals surface area contributed by atoms with Crippen LogP contribution in [0.3, 0.4) is 0 Å². The predicted octanol–water partition coefficient (Wildman–Crippen LogP) is 5.02. The molecule has 148 valence electrons. The number of hydrogen-bond donors (Lipinski definition) is 0. The molecule has 0 aliphatic heterocycles. The summed E-state index contributed by atoms with van der Waals surface area (Å²) in [7, 11) is 0. The SMILES string of the molecule is CC[C@H](C)n1c(SCc2nc(-c3ccccc3C)no2)nc2ccccc2c1=O. The van der Waals surface area contributed by atoms with Crippen LogP contribution in [0.2, 0.25) is 0 Å². The van der Waals surface area contributed by atoms with Crippen molar-refractivity contribution in [1.29, 1.82) is 0 Å². The van der Waals surface area contributed by atoms with Crippen LogP contribution in [-0.2, 0) is 5.75 Å². The molecule has 2 aromatic carbocycles. The van der Waals surface area contributed by atoms with E-state index >= 15 is 0 Å². The molecule has 0 aliphatic carbocycles. The Bertz CT molecular complexity index is 1210. The fourth-order valence-corrected chi connectivity index (χ4v) is 4.11. The van der Waals surface area contributed by atoms with Crippen molar-refractivity contribution in [2.45, 2.75) is 44.1 Å². The minimum atomic E-state index is -0.0152. The van der Waals surface area contributed by atoms with E-state index < -0.39 is 0 Å². The van der Waals surface area contributed by atoms with Crippen molar-refractivity contribution in [1.82, 2.24) is 19.7 Å². The molecule has 6 nitrogen and oxygen atoms in total. The van der Waals surface area contributed by atoms with Crippen LogP contribution in [0.15, 0.2) is 63.0 Å². The first kappa shape index (κ1) is 19.4. The van der Waals surface area contributed by atoms with Gasteiger partial charge in [0.15, 0.2) is 5.16 Å². The van der Waals surface area contributed by atoms with Crippen LogP contribution in [0.4, 0.5) is 0 Å². The number of benzene rings is 2. The standard InChI is InChI=1S/C22H22N4O2S/c1-4-15(3)26-21(27)17-11-7-8-12-18(17)23-22(26)29-13-19-24-20(25-28-19)16-10-6-5-9-14(16)2/h5-12,15H,4,13H2,1-3H3/t15-/m0/s1. The number of hydrogen-bond acceptors (Lipinski definition) is 6. The van der Waals surface area contributed by atoms with Gasteiger partial charge in [-0.2, -0.15) is 4.98 Å². The molecule has 0 bridgehead atoms. The Hall–Kier alpha value is -2.93. The van der Waals surface area contributed by atoms with E-state index in [1.54, 1.807) is 4.57 Å². The molecule has 29 heavy (non-hydrogen) atoms. The number of aryl methyl sites for hydroxylation is 1. The lowest BCUT2D eigenvalue weighted by Gasteiger charge is -2.17. The van der Waals surface area contributed by atoms with Gasteiger partial charge in [-0.3, -0.25) is 9.36 Å². The molecule has 0 spiro atoms. The summed E-state index contributed by atoms with van der Waals surface area (Å²) in [4.78, 5) is 22.3. The predicted molar refractivity (Wildman–Crippen MR) is 115 cm³/mol. The summed E-state index contributed by atoms with van der Waals surface area (Å²) >= 11 is 1.44. The van der Waals surface area contributed by atoms with E-state index in [9.17, 15) is 4.79 Å². The molecule has 0 radical (unpaired) electrons. The average Bonchev–Trinajstić information content (AvgIpc) is 3.21. The topological polar surface area (TPSA) is 73.8 Å². The van der Waals surface area contributed by atoms with Gasteiger partial charge in [0.1, 0.15) is 0 Å². The summed E-state index contributed by atoms with van der Waals surface area (Å²) in [5, 5.41) is 5.41. The molecule has 0 N–H and O–H groups in total. The van der Waals surface area contributed by atoms with E-state index in [1.807, 2.05) is 62.4 Å². The van der Waals surface area contributed by atoms with Gasteiger partial charge in [0, 0.05) is 11.6 Å². The molecule has 0 fully saturated rings. The van der Waals surface area contributed by atoms with Crippen LogP contribution in [0.25, 0.3) is 22.3 Å². The quantitative estimate of drug-likeness (QED) is 0.331. The Labute approximate surface area is 173 Å². The van der Waals surface area contributed by atoms with Crippen molar-refractivity contribution in [2.24, 2.45) is 0 Å². The van der Waals surface area contributed by atoms with Gasteiger partial charge in [-0.05, 0) is 38.0 Å². The Morgan fingerprint density at radius 2 is 1.86 bits per heavy atom. The molecule has 1 atom stereocenters. The van der Waals surface area contributed by atoms with Crippen molar-refractivity contribution < 1.29 is 4.52 Å². The molecular formula is C22H22N4O2S. The summed E-state index contributed by atoms with van der Waals surface area (Å²) < 4.78 is 7.21. The van der Waals surface area contributed by atoms with E-state index in [1.165, 1.54) is 11.8 Å². The minimum absolute atomic E-state index is 0.0152. The largest absolute Gasteiger partial charge is 0.338 e. The lowest BCUT2D eigenvalue weighted by molar-refractivity contribution is 0.391. The number of rotatable bonds is 6. The Balaban J connectivity index is 1.65. The molecule has 2 heterocycles. The van der Waals surface area contributed by atoms with Crippen molar-refractivity contribution in [3.8, 4) is 11.4 Å². The zero-order valence-electron chi connectivity index (χ0n) is 16.6. The number of thioether (sulfide) groups is 1. The van der Waals surface area contributed by atoms with Crippen LogP contribution < -0.4 is 5.56 Å². The third kappa shape index (κ3) is 3.82. The molecular weight excluding hydrogens is 384 g/mol. The lowest BCUT2D eigenvalue weighted by atomic mass is 10.1. The maximum atomic E-state index is 13.0. The fraction of sp³-hybridized carbons (Fsp3) is 0.273. The first-order valence-electron chi connectivity index (χ1n) is 9.61. The van der Waals surface area contributed by atoms with Gasteiger partial charge in [-0.25, -0.2) is 4.98 Å². The number of fused-ring (bicyclic) bond motifs is 1. The Kier molecular flexibility index (Phi) is 5.49. The molecule has 0 unspecified atom stereocenters. The molecule has 7 heteroatoms. The smallest absolute Gasteiger partial charge is 0.262 e. The highest BCUT2D eigenvalue weighted by molar-refractivity contribution is 7.98. The Morgan fingerprint density at radius 3 is 2.66 bits per heavy atom. The fourth-order valence-electron chi connectivity index (χ4n) is 3.17. The molecule has 2 aromatic heterocycles. The van der Waals surface area contributed by atoms with Gasteiger partial charge in [-0.15, -0.1) is 0 Å². The molecule has 4 aromatic rings. The monoisotopic (exact) mass is 406 g/mol.